The molecule has 21 heavy (non-hydrogen) atoms. The number of carbonyl (C=O) groups excluding carboxylic acids is 1. The summed E-state index contributed by atoms with van der Waals surface area (Å²) in [6.45, 7) is 6.22. The van der Waals surface area contributed by atoms with Gasteiger partial charge in [-0.3, -0.25) is 4.79 Å². The van der Waals surface area contributed by atoms with Crippen molar-refractivity contribution in [1.29, 1.82) is 0 Å². The van der Waals surface area contributed by atoms with Crippen LogP contribution in [0.5, 0.6) is 0 Å². The fourth-order valence-electron chi connectivity index (χ4n) is 3.01. The molecular weight excluding hydrogens is 280 g/mol. The fraction of sp³-hybridized carbons (Fsp3) is 0.706. The molecule has 0 radical (unpaired) electrons. The van der Waals surface area contributed by atoms with Gasteiger partial charge < -0.3 is 10.2 Å². The molecule has 2 heterocycles. The molecule has 0 spiro atoms. The highest BCUT2D eigenvalue weighted by Gasteiger charge is 2.19. The monoisotopic (exact) mass is 308 g/mol. The van der Waals surface area contributed by atoms with Crippen molar-refractivity contribution in [3.05, 3.63) is 22.4 Å². The average molecular weight is 308 g/mol. The Bertz CT molecular complexity index is 399. The minimum Gasteiger partial charge on any atom is -0.342 e. The van der Waals surface area contributed by atoms with Gasteiger partial charge in [0.15, 0.2) is 0 Å². The molecule has 4 heteroatoms. The van der Waals surface area contributed by atoms with Gasteiger partial charge >= 0.3 is 0 Å². The van der Waals surface area contributed by atoms with Crippen molar-refractivity contribution < 1.29 is 4.79 Å². The normalized spacial score (nSPS) is 18.6. The van der Waals surface area contributed by atoms with Gasteiger partial charge in [-0.05, 0) is 62.6 Å². The molecule has 118 valence electrons. The molecule has 0 aromatic carbocycles. The molecule has 1 saturated heterocycles. The van der Waals surface area contributed by atoms with Crippen LogP contribution in [0, 0.1) is 5.92 Å². The molecular formula is C17H28N2OS. The van der Waals surface area contributed by atoms with Crippen molar-refractivity contribution in [3.63, 3.8) is 0 Å². The number of amides is 1. The van der Waals surface area contributed by atoms with E-state index in [-0.39, 0.29) is 0 Å². The van der Waals surface area contributed by atoms with Crippen LogP contribution in [0.1, 0.15) is 43.9 Å². The van der Waals surface area contributed by atoms with Crippen LogP contribution in [0.15, 0.2) is 17.5 Å². The van der Waals surface area contributed by atoms with Crippen molar-refractivity contribution in [2.45, 2.75) is 45.4 Å². The summed E-state index contributed by atoms with van der Waals surface area (Å²) >= 11 is 1.79. The van der Waals surface area contributed by atoms with E-state index in [1.165, 1.54) is 17.7 Å². The number of nitrogens with zero attached hydrogens (tertiary/aromatic N) is 1. The summed E-state index contributed by atoms with van der Waals surface area (Å²) in [6, 6.07) is 4.24. The Labute approximate surface area is 132 Å². The second-order valence-corrected chi connectivity index (χ2v) is 7.02. The topological polar surface area (TPSA) is 32.3 Å². The van der Waals surface area contributed by atoms with Gasteiger partial charge in [0.1, 0.15) is 0 Å². The molecule has 1 N–H and O–H groups in total. The van der Waals surface area contributed by atoms with Crippen molar-refractivity contribution >= 4 is 17.2 Å². The molecule has 2 rings (SSSR count). The molecule has 1 aliphatic rings. The highest BCUT2D eigenvalue weighted by Crippen LogP contribution is 2.15. The predicted molar refractivity (Wildman–Crippen MR) is 89.7 cm³/mol. The van der Waals surface area contributed by atoms with Crippen LogP contribution in [-0.2, 0) is 11.2 Å². The zero-order valence-electron chi connectivity index (χ0n) is 13.1. The quantitative estimate of drug-likeness (QED) is 0.799. The third kappa shape index (κ3) is 5.79. The first-order valence-electron chi connectivity index (χ1n) is 8.30. The van der Waals surface area contributed by atoms with E-state index in [0.29, 0.717) is 18.2 Å². The third-order valence-electron chi connectivity index (χ3n) is 4.12. The summed E-state index contributed by atoms with van der Waals surface area (Å²) in [5.41, 5.74) is 0. The highest BCUT2D eigenvalue weighted by atomic mass is 32.1. The zero-order valence-corrected chi connectivity index (χ0v) is 14.0. The van der Waals surface area contributed by atoms with E-state index in [1.54, 1.807) is 11.3 Å². The smallest absolute Gasteiger partial charge is 0.222 e. The molecule has 0 saturated carbocycles. The Balaban J connectivity index is 1.74. The van der Waals surface area contributed by atoms with Crippen LogP contribution in [0.3, 0.4) is 0 Å². The lowest BCUT2D eigenvalue weighted by molar-refractivity contribution is -0.132. The molecule has 1 aromatic rings. The van der Waals surface area contributed by atoms with E-state index in [2.05, 4.69) is 34.7 Å². The lowest BCUT2D eigenvalue weighted by atomic mass is 9.98. The van der Waals surface area contributed by atoms with E-state index in [1.807, 2.05) is 0 Å². The van der Waals surface area contributed by atoms with E-state index in [0.717, 1.165) is 45.4 Å². The molecule has 0 bridgehead atoms. The summed E-state index contributed by atoms with van der Waals surface area (Å²) in [5, 5.41) is 5.55. The van der Waals surface area contributed by atoms with Gasteiger partial charge in [-0.1, -0.05) is 13.0 Å². The van der Waals surface area contributed by atoms with Crippen LogP contribution >= 0.6 is 11.3 Å². The average Bonchev–Trinajstić information content (AvgIpc) is 3.01. The van der Waals surface area contributed by atoms with E-state index in [4.69, 9.17) is 0 Å². The van der Waals surface area contributed by atoms with Crippen LogP contribution in [0.4, 0.5) is 0 Å². The van der Waals surface area contributed by atoms with Crippen LogP contribution in [0.25, 0.3) is 0 Å². The van der Waals surface area contributed by atoms with E-state index < -0.39 is 0 Å². The maximum absolute atomic E-state index is 12.4. The number of rotatable bonds is 8. The van der Waals surface area contributed by atoms with Crippen molar-refractivity contribution in [3.8, 4) is 0 Å². The van der Waals surface area contributed by atoms with Gasteiger partial charge in [0.05, 0.1) is 0 Å². The van der Waals surface area contributed by atoms with Crippen LogP contribution in [-0.4, -0.2) is 37.0 Å². The van der Waals surface area contributed by atoms with Crippen molar-refractivity contribution in [2.24, 2.45) is 5.92 Å². The first-order valence-corrected chi connectivity index (χ1v) is 9.18. The maximum atomic E-state index is 12.4. The minimum atomic E-state index is 0.346. The standard InChI is InChI=1S/C17H28N2OS/c1-2-11-19(14-15-6-4-10-18-13-15)17(20)9-3-7-16-8-5-12-21-16/h5,8,12,15,18H,2-4,6-7,9-11,13-14H2,1H3. The molecule has 1 fully saturated rings. The first kappa shape index (κ1) is 16.5. The summed E-state index contributed by atoms with van der Waals surface area (Å²) in [5.74, 6) is 0.991. The Morgan fingerprint density at radius 1 is 1.52 bits per heavy atom. The minimum absolute atomic E-state index is 0.346. The maximum Gasteiger partial charge on any atom is 0.222 e. The predicted octanol–water partition coefficient (Wildman–Crippen LogP) is 3.31. The zero-order chi connectivity index (χ0) is 14.9. The number of hydrogen-bond acceptors (Lipinski definition) is 3. The third-order valence-corrected chi connectivity index (χ3v) is 5.05. The van der Waals surface area contributed by atoms with E-state index >= 15 is 0 Å². The van der Waals surface area contributed by atoms with Crippen molar-refractivity contribution in [1.82, 2.24) is 10.2 Å². The summed E-state index contributed by atoms with van der Waals surface area (Å²) in [6.07, 6.45) is 6.26. The fourth-order valence-corrected chi connectivity index (χ4v) is 3.76. The van der Waals surface area contributed by atoms with Gasteiger partial charge in [0.25, 0.3) is 0 Å². The molecule has 3 nitrogen and oxygen atoms in total. The Kier molecular flexibility index (Phi) is 7.24. The van der Waals surface area contributed by atoms with Crippen molar-refractivity contribution in [2.75, 3.05) is 26.2 Å². The van der Waals surface area contributed by atoms with Crippen LogP contribution < -0.4 is 5.32 Å². The number of carbonyl (C=O) groups is 1. The molecule has 1 unspecified atom stereocenters. The number of thiophene rings is 1. The largest absolute Gasteiger partial charge is 0.342 e. The molecule has 1 aromatic heterocycles. The summed E-state index contributed by atoms with van der Waals surface area (Å²) in [7, 11) is 0. The molecule has 1 aliphatic heterocycles. The summed E-state index contributed by atoms with van der Waals surface area (Å²) in [4.78, 5) is 15.9. The second-order valence-electron chi connectivity index (χ2n) is 5.99. The number of hydrogen-bond donors (Lipinski definition) is 1. The number of aryl methyl sites for hydroxylation is 1. The lowest BCUT2D eigenvalue weighted by Gasteiger charge is -2.30. The Morgan fingerprint density at radius 2 is 2.43 bits per heavy atom. The lowest BCUT2D eigenvalue weighted by Crippen LogP contribution is -2.41. The van der Waals surface area contributed by atoms with Gasteiger partial charge in [0, 0.05) is 24.4 Å². The SMILES string of the molecule is CCCN(CC1CCCNC1)C(=O)CCCc1cccs1. The van der Waals surface area contributed by atoms with Crippen LogP contribution in [0.2, 0.25) is 0 Å². The second kappa shape index (κ2) is 9.21. The van der Waals surface area contributed by atoms with E-state index in [9.17, 15) is 4.79 Å². The van der Waals surface area contributed by atoms with Gasteiger partial charge in [-0.2, -0.15) is 0 Å². The van der Waals surface area contributed by atoms with Gasteiger partial charge in [-0.15, -0.1) is 11.3 Å². The molecule has 1 atom stereocenters. The number of piperidine rings is 1. The van der Waals surface area contributed by atoms with Gasteiger partial charge in [-0.25, -0.2) is 0 Å². The van der Waals surface area contributed by atoms with Gasteiger partial charge in [0.2, 0.25) is 5.91 Å². The Morgan fingerprint density at radius 3 is 3.10 bits per heavy atom. The molecule has 0 aliphatic carbocycles. The molecule has 1 amide bonds. The number of nitrogens with one attached hydrogen (secondary N) is 1. The Hall–Kier alpha value is -0.870. The highest BCUT2D eigenvalue weighted by molar-refractivity contribution is 7.09. The first-order chi connectivity index (χ1) is 10.3. The summed E-state index contributed by atoms with van der Waals surface area (Å²) < 4.78 is 0.